The molecule has 130 valence electrons. The highest BCUT2D eigenvalue weighted by atomic mass is 35.5. The summed E-state index contributed by atoms with van der Waals surface area (Å²) in [5.41, 5.74) is 1.02. The van der Waals surface area contributed by atoms with Gasteiger partial charge in [0.1, 0.15) is 6.07 Å². The fourth-order valence-corrected chi connectivity index (χ4v) is 3.34. The maximum atomic E-state index is 12.5. The zero-order valence-electron chi connectivity index (χ0n) is 14.6. The van der Waals surface area contributed by atoms with Gasteiger partial charge in [0.15, 0.2) is 0 Å². The fourth-order valence-electron chi connectivity index (χ4n) is 3.12. The predicted octanol–water partition coefficient (Wildman–Crippen LogP) is 2.81. The molecule has 6 heteroatoms. The molecule has 1 fully saturated rings. The minimum atomic E-state index is -0.230. The van der Waals surface area contributed by atoms with Crippen LogP contribution in [0.1, 0.15) is 25.3 Å². The number of piperidine rings is 1. The zero-order chi connectivity index (χ0) is 17.7. The third kappa shape index (κ3) is 4.94. The topological polar surface area (TPSA) is 59.4 Å². The van der Waals surface area contributed by atoms with Crippen LogP contribution < -0.4 is 5.32 Å². The van der Waals surface area contributed by atoms with Crippen LogP contribution in [0.5, 0.6) is 0 Å². The van der Waals surface area contributed by atoms with Gasteiger partial charge < -0.3 is 10.2 Å². The van der Waals surface area contributed by atoms with Gasteiger partial charge in [0.05, 0.1) is 16.6 Å². The van der Waals surface area contributed by atoms with Gasteiger partial charge in [-0.2, -0.15) is 5.26 Å². The van der Waals surface area contributed by atoms with E-state index < -0.39 is 0 Å². The van der Waals surface area contributed by atoms with Gasteiger partial charge in [-0.25, -0.2) is 0 Å². The number of halogens is 1. The molecule has 0 spiro atoms. The van der Waals surface area contributed by atoms with E-state index in [1.54, 1.807) is 18.2 Å². The number of likely N-dealkylation sites (N-methyl/N-ethyl adjacent to an activating group) is 1. The van der Waals surface area contributed by atoms with Crippen LogP contribution in [0.15, 0.2) is 18.2 Å². The number of hydrogen-bond acceptors (Lipinski definition) is 4. The first kappa shape index (κ1) is 18.7. The Labute approximate surface area is 149 Å². The first-order chi connectivity index (χ1) is 11.4. The molecule has 0 radical (unpaired) electrons. The maximum Gasteiger partial charge on any atom is 0.241 e. The van der Waals surface area contributed by atoms with Crippen molar-refractivity contribution in [3.8, 4) is 6.07 Å². The second-order valence-corrected chi connectivity index (χ2v) is 7.09. The van der Waals surface area contributed by atoms with Crippen LogP contribution >= 0.6 is 11.6 Å². The summed E-state index contributed by atoms with van der Waals surface area (Å²) in [6.07, 6.45) is 2.44. The molecule has 1 amide bonds. The van der Waals surface area contributed by atoms with Gasteiger partial charge in [-0.1, -0.05) is 11.6 Å². The normalized spacial score (nSPS) is 19.8. The molecule has 1 aliphatic heterocycles. The Morgan fingerprint density at radius 1 is 1.58 bits per heavy atom. The van der Waals surface area contributed by atoms with Crippen LogP contribution in [0.4, 0.5) is 5.69 Å². The van der Waals surface area contributed by atoms with Crippen LogP contribution in [0.25, 0.3) is 0 Å². The number of anilines is 1. The van der Waals surface area contributed by atoms with E-state index in [4.69, 9.17) is 16.9 Å². The summed E-state index contributed by atoms with van der Waals surface area (Å²) in [7, 11) is 4.14. The van der Waals surface area contributed by atoms with Gasteiger partial charge in [0.25, 0.3) is 0 Å². The van der Waals surface area contributed by atoms with Crippen molar-refractivity contribution in [3.63, 3.8) is 0 Å². The molecular weight excluding hydrogens is 324 g/mol. The Morgan fingerprint density at radius 2 is 2.33 bits per heavy atom. The summed E-state index contributed by atoms with van der Waals surface area (Å²) in [5.74, 6) is 0.538. The van der Waals surface area contributed by atoms with Crippen LogP contribution in [-0.4, -0.2) is 55.5 Å². The SMILES string of the molecule is C[C@@H](C(=O)Nc1ccc(C#N)c(Cl)c1)N(C)C[C@H]1CCCN(C)C1. The third-order valence-electron chi connectivity index (χ3n) is 4.67. The maximum absolute atomic E-state index is 12.5. The number of nitrogens with zero attached hydrogens (tertiary/aromatic N) is 3. The number of nitrogens with one attached hydrogen (secondary N) is 1. The molecule has 24 heavy (non-hydrogen) atoms. The Hall–Kier alpha value is -1.61. The van der Waals surface area contributed by atoms with Gasteiger partial charge in [-0.15, -0.1) is 0 Å². The first-order valence-corrected chi connectivity index (χ1v) is 8.67. The molecular formula is C18H25ClN4O. The van der Waals surface area contributed by atoms with Crippen molar-refractivity contribution >= 4 is 23.2 Å². The van der Waals surface area contributed by atoms with Gasteiger partial charge in [0, 0.05) is 18.8 Å². The van der Waals surface area contributed by atoms with Crippen LogP contribution in [-0.2, 0) is 4.79 Å². The molecule has 2 rings (SSSR count). The summed E-state index contributed by atoms with van der Waals surface area (Å²) in [4.78, 5) is 16.9. The molecule has 0 unspecified atom stereocenters. The van der Waals surface area contributed by atoms with Crippen LogP contribution in [0.3, 0.4) is 0 Å². The smallest absolute Gasteiger partial charge is 0.241 e. The molecule has 1 saturated heterocycles. The van der Waals surface area contributed by atoms with Gasteiger partial charge in [0.2, 0.25) is 5.91 Å². The predicted molar refractivity (Wildman–Crippen MR) is 97.1 cm³/mol. The molecule has 1 aromatic rings. The summed E-state index contributed by atoms with van der Waals surface area (Å²) >= 11 is 6.01. The van der Waals surface area contributed by atoms with E-state index in [0.717, 1.165) is 19.6 Å². The van der Waals surface area contributed by atoms with Crippen molar-refractivity contribution < 1.29 is 4.79 Å². The molecule has 1 heterocycles. The van der Waals surface area contributed by atoms with Crippen molar-refractivity contribution in [3.05, 3.63) is 28.8 Å². The first-order valence-electron chi connectivity index (χ1n) is 8.30. The van der Waals surface area contributed by atoms with Gasteiger partial charge >= 0.3 is 0 Å². The van der Waals surface area contributed by atoms with Crippen molar-refractivity contribution in [1.29, 1.82) is 5.26 Å². The zero-order valence-corrected chi connectivity index (χ0v) is 15.3. The van der Waals surface area contributed by atoms with E-state index in [1.165, 1.54) is 12.8 Å². The lowest BCUT2D eigenvalue weighted by Gasteiger charge is -2.34. The number of likely N-dealkylation sites (tertiary alicyclic amines) is 1. The van der Waals surface area contributed by atoms with E-state index in [-0.39, 0.29) is 11.9 Å². The second kappa shape index (κ2) is 8.48. The molecule has 1 N–H and O–H groups in total. The van der Waals surface area contributed by atoms with Crippen molar-refractivity contribution in [2.24, 2.45) is 5.92 Å². The number of amides is 1. The van der Waals surface area contributed by atoms with E-state index in [2.05, 4.69) is 22.2 Å². The molecule has 0 saturated carbocycles. The minimum absolute atomic E-state index is 0.0672. The lowest BCUT2D eigenvalue weighted by molar-refractivity contribution is -0.120. The highest BCUT2D eigenvalue weighted by molar-refractivity contribution is 6.32. The molecule has 5 nitrogen and oxygen atoms in total. The lowest BCUT2D eigenvalue weighted by Crippen LogP contribution is -2.45. The van der Waals surface area contributed by atoms with Crippen molar-refractivity contribution in [2.75, 3.05) is 39.0 Å². The Kier molecular flexibility index (Phi) is 6.61. The van der Waals surface area contributed by atoms with Crippen molar-refractivity contribution in [2.45, 2.75) is 25.8 Å². The average Bonchev–Trinajstić information content (AvgIpc) is 2.54. The molecule has 0 bridgehead atoms. The molecule has 1 aromatic carbocycles. The third-order valence-corrected chi connectivity index (χ3v) is 4.98. The Balaban J connectivity index is 1.91. The number of rotatable bonds is 5. The van der Waals surface area contributed by atoms with E-state index in [0.29, 0.717) is 22.2 Å². The molecule has 0 aliphatic carbocycles. The lowest BCUT2D eigenvalue weighted by atomic mass is 9.97. The quantitative estimate of drug-likeness (QED) is 0.888. The van der Waals surface area contributed by atoms with Gasteiger partial charge in [-0.3, -0.25) is 9.69 Å². The average molecular weight is 349 g/mol. The second-order valence-electron chi connectivity index (χ2n) is 6.68. The Bertz CT molecular complexity index is 628. The summed E-state index contributed by atoms with van der Waals surface area (Å²) in [5, 5.41) is 12.1. The summed E-state index contributed by atoms with van der Waals surface area (Å²) in [6, 6.07) is 6.71. The van der Waals surface area contributed by atoms with E-state index in [1.807, 2.05) is 20.0 Å². The standard InChI is InChI=1S/C18H25ClN4O/c1-13(23(3)12-14-5-4-8-22(2)11-14)18(24)21-16-7-6-15(10-20)17(19)9-16/h6-7,9,13-14H,4-5,8,11-12H2,1-3H3,(H,21,24)/t13-,14-/m0/s1. The number of benzene rings is 1. The van der Waals surface area contributed by atoms with E-state index in [9.17, 15) is 4.79 Å². The molecule has 1 aliphatic rings. The van der Waals surface area contributed by atoms with Crippen LogP contribution in [0.2, 0.25) is 5.02 Å². The number of hydrogen-bond donors (Lipinski definition) is 1. The number of carbonyl (C=O) groups excluding carboxylic acids is 1. The highest BCUT2D eigenvalue weighted by Crippen LogP contribution is 2.21. The Morgan fingerprint density at radius 3 is 2.96 bits per heavy atom. The summed E-state index contributed by atoms with van der Waals surface area (Å²) < 4.78 is 0. The summed E-state index contributed by atoms with van der Waals surface area (Å²) in [6.45, 7) is 5.07. The van der Waals surface area contributed by atoms with Crippen molar-refractivity contribution in [1.82, 2.24) is 9.80 Å². The minimum Gasteiger partial charge on any atom is -0.325 e. The fraction of sp³-hybridized carbons (Fsp3) is 0.556. The van der Waals surface area contributed by atoms with Gasteiger partial charge in [-0.05, 0) is 64.5 Å². The number of carbonyl (C=O) groups is 1. The molecule has 0 aromatic heterocycles. The van der Waals surface area contributed by atoms with Crippen LogP contribution in [0, 0.1) is 17.2 Å². The molecule has 2 atom stereocenters. The number of nitriles is 1. The van der Waals surface area contributed by atoms with E-state index >= 15 is 0 Å². The monoisotopic (exact) mass is 348 g/mol. The largest absolute Gasteiger partial charge is 0.325 e. The highest BCUT2D eigenvalue weighted by Gasteiger charge is 2.24.